The van der Waals surface area contributed by atoms with Crippen LogP contribution >= 0.6 is 0 Å². The van der Waals surface area contributed by atoms with Crippen LogP contribution in [0.5, 0.6) is 5.75 Å². The van der Waals surface area contributed by atoms with Gasteiger partial charge in [0.05, 0.1) is 11.0 Å². The van der Waals surface area contributed by atoms with Crippen LogP contribution in [-0.2, 0) is 4.74 Å². The van der Waals surface area contributed by atoms with Gasteiger partial charge in [0.15, 0.2) is 0 Å². The van der Waals surface area contributed by atoms with Crippen LogP contribution in [0.1, 0.15) is 27.2 Å². The van der Waals surface area contributed by atoms with Gasteiger partial charge in [0.1, 0.15) is 11.4 Å². The largest absolute Gasteiger partial charge is 0.413 e. The predicted octanol–water partition coefficient (Wildman–Crippen LogP) is 2.68. The van der Waals surface area contributed by atoms with E-state index in [1.807, 2.05) is 20.8 Å². The molecule has 1 aliphatic rings. The van der Waals surface area contributed by atoms with E-state index in [1.165, 1.54) is 18.2 Å². The number of rotatable bonds is 5. The highest BCUT2D eigenvalue weighted by Gasteiger charge is 2.21. The maximum atomic E-state index is 11.8. The molecule has 1 aromatic rings. The second-order valence-electron chi connectivity index (χ2n) is 6.36. The first-order valence-corrected chi connectivity index (χ1v) is 7.38. The fraction of sp³-hybridized carbons (Fsp3) is 0.533. The molecule has 0 saturated carbocycles. The molecule has 126 valence electrons. The Hall–Kier alpha value is -2.35. The molecule has 23 heavy (non-hydrogen) atoms. The summed E-state index contributed by atoms with van der Waals surface area (Å²) >= 11 is 0. The number of carbonyl (C=O) groups excluding carboxylic acids is 1. The topological polar surface area (TPSA) is 103 Å². The second kappa shape index (κ2) is 6.82. The molecule has 0 spiro atoms. The van der Waals surface area contributed by atoms with Crippen LogP contribution in [0.3, 0.4) is 0 Å². The molecule has 2 rings (SSSR count). The Morgan fingerprint density at radius 2 is 2.17 bits per heavy atom. The number of nitrogens with zero attached hydrogens (tertiary/aromatic N) is 1. The summed E-state index contributed by atoms with van der Waals surface area (Å²) < 4.78 is 10.4. The molecule has 1 heterocycles. The number of ether oxygens (including phenoxy) is 2. The summed E-state index contributed by atoms with van der Waals surface area (Å²) in [5, 5.41) is 16.7. The van der Waals surface area contributed by atoms with Crippen LogP contribution in [0.15, 0.2) is 18.2 Å². The monoisotopic (exact) mass is 323 g/mol. The first-order valence-electron chi connectivity index (χ1n) is 7.38. The molecule has 1 atom stereocenters. The van der Waals surface area contributed by atoms with Gasteiger partial charge in [-0.25, -0.2) is 4.79 Å². The average molecular weight is 323 g/mol. The Labute approximate surface area is 134 Å². The number of amides is 1. The number of nitro groups is 1. The Balaban J connectivity index is 2.08. The Morgan fingerprint density at radius 3 is 2.70 bits per heavy atom. The van der Waals surface area contributed by atoms with E-state index in [1.54, 1.807) is 0 Å². The number of nitro benzene ring substituents is 1. The fourth-order valence-corrected chi connectivity index (χ4v) is 1.99. The van der Waals surface area contributed by atoms with Crippen molar-refractivity contribution >= 4 is 17.5 Å². The van der Waals surface area contributed by atoms with Gasteiger partial charge in [-0.2, -0.15) is 0 Å². The lowest BCUT2D eigenvalue weighted by molar-refractivity contribution is -0.384. The third-order valence-electron chi connectivity index (χ3n) is 3.17. The average Bonchev–Trinajstić information content (AvgIpc) is 2.34. The molecule has 0 aromatic heterocycles. The molecule has 0 aliphatic carbocycles. The summed E-state index contributed by atoms with van der Waals surface area (Å²) in [6.45, 7) is 6.67. The van der Waals surface area contributed by atoms with Crippen LogP contribution in [0.2, 0.25) is 0 Å². The molecule has 1 amide bonds. The Morgan fingerprint density at radius 1 is 1.48 bits per heavy atom. The summed E-state index contributed by atoms with van der Waals surface area (Å²) in [5.74, 6) is 0.231. The van der Waals surface area contributed by atoms with E-state index in [-0.39, 0.29) is 17.5 Å². The number of hydrogen-bond donors (Lipinski definition) is 2. The molecule has 1 saturated heterocycles. The lowest BCUT2D eigenvalue weighted by atomic mass is 10.1. The number of hydrogen-bond acceptors (Lipinski definition) is 6. The van der Waals surface area contributed by atoms with Crippen LogP contribution in [0.4, 0.5) is 16.2 Å². The fourth-order valence-electron chi connectivity index (χ4n) is 1.99. The number of anilines is 1. The molecule has 1 fully saturated rings. The highest BCUT2D eigenvalue weighted by Crippen LogP contribution is 2.29. The van der Waals surface area contributed by atoms with Gasteiger partial charge in [-0.15, -0.1) is 0 Å². The normalized spacial score (nSPS) is 17.1. The molecular formula is C15H21N3O5. The van der Waals surface area contributed by atoms with Crippen molar-refractivity contribution in [2.75, 3.05) is 18.5 Å². The summed E-state index contributed by atoms with van der Waals surface area (Å²) in [7, 11) is 0. The first-order chi connectivity index (χ1) is 10.7. The lowest BCUT2D eigenvalue weighted by Gasteiger charge is -2.26. The summed E-state index contributed by atoms with van der Waals surface area (Å²) in [6, 6.07) is 4.15. The zero-order valence-corrected chi connectivity index (χ0v) is 13.4. The van der Waals surface area contributed by atoms with Crippen LogP contribution < -0.4 is 15.4 Å². The zero-order valence-electron chi connectivity index (χ0n) is 13.4. The quantitative estimate of drug-likeness (QED) is 0.638. The highest BCUT2D eigenvalue weighted by atomic mass is 16.6. The molecule has 1 aliphatic heterocycles. The molecule has 8 nitrogen and oxygen atoms in total. The van der Waals surface area contributed by atoms with E-state index in [4.69, 9.17) is 9.47 Å². The van der Waals surface area contributed by atoms with E-state index < -0.39 is 16.6 Å². The minimum absolute atomic E-state index is 0.0587. The number of carbonyl (C=O) groups is 1. The van der Waals surface area contributed by atoms with E-state index in [2.05, 4.69) is 10.6 Å². The van der Waals surface area contributed by atoms with Crippen molar-refractivity contribution in [3.05, 3.63) is 28.3 Å². The maximum absolute atomic E-state index is 11.8. The Kier molecular flexibility index (Phi) is 5.05. The SMILES string of the molecule is CC(C)(C)NC(=O)Oc1ccc([N+](=O)[O-])c(NC[C@@H]2CCO2)c1. The van der Waals surface area contributed by atoms with Crippen molar-refractivity contribution in [2.45, 2.75) is 38.8 Å². The third kappa shape index (κ3) is 5.10. The van der Waals surface area contributed by atoms with Gasteiger partial charge in [-0.05, 0) is 33.3 Å². The molecule has 8 heteroatoms. The molecule has 0 unspecified atom stereocenters. The number of benzene rings is 1. The van der Waals surface area contributed by atoms with Crippen molar-refractivity contribution in [2.24, 2.45) is 0 Å². The standard InChI is InChI=1S/C15H21N3O5/c1-15(2,3)17-14(19)23-10-4-5-13(18(20)21)12(8-10)16-9-11-6-7-22-11/h4-5,8,11,16H,6-7,9H2,1-3H3,(H,17,19)/t11-/m0/s1. The van der Waals surface area contributed by atoms with Crippen molar-refractivity contribution < 1.29 is 19.2 Å². The zero-order chi connectivity index (χ0) is 17.0. The lowest BCUT2D eigenvalue weighted by Crippen LogP contribution is -2.42. The summed E-state index contributed by atoms with van der Waals surface area (Å²) in [4.78, 5) is 22.4. The minimum atomic E-state index is -0.611. The van der Waals surface area contributed by atoms with E-state index in [0.29, 0.717) is 18.8 Å². The number of nitrogens with one attached hydrogen (secondary N) is 2. The van der Waals surface area contributed by atoms with Gasteiger partial charge in [0.2, 0.25) is 0 Å². The smallest absolute Gasteiger partial charge is 0.410 e. The third-order valence-corrected chi connectivity index (χ3v) is 3.17. The Bertz CT molecular complexity index is 593. The first kappa shape index (κ1) is 17.0. The molecule has 0 radical (unpaired) electrons. The van der Waals surface area contributed by atoms with E-state index in [9.17, 15) is 14.9 Å². The second-order valence-corrected chi connectivity index (χ2v) is 6.36. The highest BCUT2D eigenvalue weighted by molar-refractivity contribution is 5.73. The van der Waals surface area contributed by atoms with Crippen molar-refractivity contribution in [1.29, 1.82) is 0 Å². The predicted molar refractivity (Wildman–Crippen MR) is 84.9 cm³/mol. The van der Waals surface area contributed by atoms with Crippen LogP contribution in [0, 0.1) is 10.1 Å². The van der Waals surface area contributed by atoms with Gasteiger partial charge in [0.25, 0.3) is 5.69 Å². The molecule has 2 N–H and O–H groups in total. The van der Waals surface area contributed by atoms with Gasteiger partial charge >= 0.3 is 6.09 Å². The van der Waals surface area contributed by atoms with Crippen molar-refractivity contribution in [3.8, 4) is 5.75 Å². The van der Waals surface area contributed by atoms with Gasteiger partial charge < -0.3 is 20.1 Å². The molecular weight excluding hydrogens is 302 g/mol. The van der Waals surface area contributed by atoms with Crippen molar-refractivity contribution in [3.63, 3.8) is 0 Å². The van der Waals surface area contributed by atoms with Gasteiger partial charge in [0, 0.05) is 30.8 Å². The summed E-state index contributed by atoms with van der Waals surface area (Å²) in [5.41, 5.74) is -0.208. The van der Waals surface area contributed by atoms with E-state index in [0.717, 1.165) is 6.42 Å². The summed E-state index contributed by atoms with van der Waals surface area (Å²) in [6.07, 6.45) is 0.369. The molecule has 0 bridgehead atoms. The maximum Gasteiger partial charge on any atom is 0.413 e. The minimum Gasteiger partial charge on any atom is -0.410 e. The van der Waals surface area contributed by atoms with Gasteiger partial charge in [-0.1, -0.05) is 0 Å². The van der Waals surface area contributed by atoms with Crippen molar-refractivity contribution in [1.82, 2.24) is 5.32 Å². The molecule has 1 aromatic carbocycles. The van der Waals surface area contributed by atoms with Gasteiger partial charge in [-0.3, -0.25) is 10.1 Å². The van der Waals surface area contributed by atoms with Crippen LogP contribution in [-0.4, -0.2) is 35.8 Å². The van der Waals surface area contributed by atoms with Crippen LogP contribution in [0.25, 0.3) is 0 Å². The van der Waals surface area contributed by atoms with E-state index >= 15 is 0 Å².